The lowest BCUT2D eigenvalue weighted by atomic mass is 9.49. The van der Waals surface area contributed by atoms with Crippen LogP contribution in [0.25, 0.3) is 0 Å². The maximum atomic E-state index is 15.7. The average Bonchev–Trinajstić information content (AvgIpc) is 3.63. The van der Waals surface area contributed by atoms with E-state index in [9.17, 15) is 34.9 Å². The van der Waals surface area contributed by atoms with Crippen molar-refractivity contribution in [2.45, 2.75) is 24.2 Å². The predicted octanol–water partition coefficient (Wildman–Crippen LogP) is 8.31. The van der Waals surface area contributed by atoms with Gasteiger partial charge in [-0.15, -0.1) is 0 Å². The number of ether oxygens (including phenoxy) is 2. The van der Waals surface area contributed by atoms with Gasteiger partial charge in [-0.05, 0) is 98.1 Å². The van der Waals surface area contributed by atoms with E-state index in [-0.39, 0.29) is 50.9 Å². The van der Waals surface area contributed by atoms with Gasteiger partial charge < -0.3 is 19.5 Å². The Morgan fingerprint density at radius 2 is 1.52 bits per heavy atom. The normalized spacial score (nSPS) is 23.8. The Balaban J connectivity index is 1.36. The van der Waals surface area contributed by atoms with Crippen molar-refractivity contribution in [1.29, 1.82) is 0 Å². The summed E-state index contributed by atoms with van der Waals surface area (Å²) in [7, 11) is 5.61. The van der Waals surface area contributed by atoms with Crippen LogP contribution >= 0.6 is 55.1 Å². The van der Waals surface area contributed by atoms with Crippen molar-refractivity contribution in [2.75, 3.05) is 43.5 Å². The zero-order valence-electron chi connectivity index (χ0n) is 33.4. The molecule has 8 rings (SSSR count). The number of allylic oxidation sites excluding steroid dienone is 2. The topological polar surface area (TPSA) is 215 Å². The number of aromatic hydroxyl groups is 1. The number of imide groups is 2. The Labute approximate surface area is 385 Å². The lowest BCUT2D eigenvalue weighted by molar-refractivity contribution is -0.392. The van der Waals surface area contributed by atoms with Crippen LogP contribution in [0, 0.1) is 43.9 Å². The van der Waals surface area contributed by atoms with Gasteiger partial charge in [0.15, 0.2) is 17.2 Å². The summed E-state index contributed by atoms with van der Waals surface area (Å²) in [5.74, 6) is -8.21. The number of hydrogen-bond donors (Lipinski definition) is 2. The van der Waals surface area contributed by atoms with Crippen molar-refractivity contribution in [3.63, 3.8) is 0 Å². The van der Waals surface area contributed by atoms with E-state index in [0.29, 0.717) is 31.9 Å². The minimum Gasteiger partial charge on any atom is -0.503 e. The summed E-state index contributed by atoms with van der Waals surface area (Å²) in [4.78, 5) is 85.2. The fraction of sp³-hybridized carbons (Fsp3) is 0.286. The summed E-state index contributed by atoms with van der Waals surface area (Å²) < 4.78 is 11.5. The van der Waals surface area contributed by atoms with Gasteiger partial charge >= 0.3 is 11.4 Å². The number of anilines is 3. The molecule has 0 spiro atoms. The molecule has 2 heterocycles. The number of rotatable bonds is 10. The van der Waals surface area contributed by atoms with Crippen LogP contribution in [-0.4, -0.2) is 71.9 Å². The summed E-state index contributed by atoms with van der Waals surface area (Å²) in [5, 5.41) is 37.1. The molecule has 3 fully saturated rings. The van der Waals surface area contributed by atoms with Crippen LogP contribution in [-0.2, 0) is 24.6 Å². The molecule has 4 aromatic carbocycles. The van der Waals surface area contributed by atoms with Gasteiger partial charge in [0, 0.05) is 41.6 Å². The van der Waals surface area contributed by atoms with Gasteiger partial charge in [0.05, 0.1) is 68.1 Å². The van der Waals surface area contributed by atoms with E-state index in [1.54, 1.807) is 30.3 Å². The summed E-state index contributed by atoms with van der Waals surface area (Å²) in [6, 6.07) is 14.6. The van der Waals surface area contributed by atoms with Crippen LogP contribution in [0.5, 0.6) is 17.2 Å². The molecule has 0 aromatic heterocycles. The molecule has 4 amide bonds. The van der Waals surface area contributed by atoms with Crippen LogP contribution < -0.4 is 24.7 Å². The van der Waals surface area contributed by atoms with Crippen molar-refractivity contribution in [1.82, 2.24) is 5.01 Å². The Hall–Kier alpha value is -5.76. The Bertz CT molecular complexity index is 2700. The number of hydrazine groups is 1. The number of carbonyl (C=O) groups excluding carboxylic acids is 4. The molecule has 4 aromatic rings. The molecule has 2 aliphatic heterocycles. The monoisotopic (exact) mass is 1030 g/mol. The molecule has 2 aliphatic carbocycles. The number of fused-ring (bicyclic) bond motifs is 4. The third-order valence-electron chi connectivity index (χ3n) is 12.4. The van der Waals surface area contributed by atoms with E-state index in [1.807, 2.05) is 0 Å². The fourth-order valence-corrected chi connectivity index (χ4v) is 11.3. The van der Waals surface area contributed by atoms with Crippen molar-refractivity contribution in [3.05, 3.63) is 123 Å². The lowest BCUT2D eigenvalue weighted by Gasteiger charge is -2.51. The number of phenols is 1. The summed E-state index contributed by atoms with van der Waals surface area (Å²) in [5.41, 5.74) is 0.528. The first-order chi connectivity index (χ1) is 29.9. The first-order valence-corrected chi connectivity index (χ1v) is 21.4. The highest BCUT2D eigenvalue weighted by Crippen LogP contribution is 2.66. The highest BCUT2D eigenvalue weighted by Gasteiger charge is 2.71. The molecule has 21 heteroatoms. The second kappa shape index (κ2) is 16.1. The van der Waals surface area contributed by atoms with Crippen molar-refractivity contribution in [2.24, 2.45) is 23.7 Å². The largest absolute Gasteiger partial charge is 0.503 e. The number of amides is 4. The third kappa shape index (κ3) is 6.61. The number of phenolic OH excluding ortho intramolecular Hbond substituents is 1. The standard InChI is InChI=1S/C42H34Br2Cl2N6O11/c1-48(2)36-29(51(58)59)14-20(15-30(36)52(60)61)49-38(54)23-11-10-22-24(32(23)40(49)56)16-26-39(55)50(47-28-12-7-19(45)13-27(28)46)41(57)42(26,18-5-8-21(62-3)9-6-18)33(22)25-17-31(63-4)37(53)35(44)34(25)43/h5-10,12-15,17,23-24,26,32-33,47,53H,11,16H2,1-4H3. The number of hydrogen-bond acceptors (Lipinski definition) is 13. The van der Waals surface area contributed by atoms with Crippen molar-refractivity contribution < 1.29 is 43.6 Å². The SMILES string of the molecule is COc1ccc(C23C(=O)N(Nc4ccc(Cl)cc4Cl)C(=O)C2CC2C(=CCC4C(=O)N(c5cc([N+](=O)[O-])c(N(C)C)c([N+](=O)[O-])c5)C(=O)C42)C3c2cc(OC)c(O)c(Br)c2Br)cc1. The molecule has 2 N–H and O–H groups in total. The van der Waals surface area contributed by atoms with Gasteiger partial charge in [-0.3, -0.25) is 44.8 Å². The number of nitrogens with one attached hydrogen (secondary N) is 1. The summed E-state index contributed by atoms with van der Waals surface area (Å²) in [6.07, 6.45) is 1.58. The van der Waals surface area contributed by atoms with E-state index in [2.05, 4.69) is 37.3 Å². The van der Waals surface area contributed by atoms with Gasteiger partial charge in [-0.1, -0.05) is 47.0 Å². The van der Waals surface area contributed by atoms with Gasteiger partial charge in [0.25, 0.3) is 11.8 Å². The zero-order valence-corrected chi connectivity index (χ0v) is 38.1. The first kappa shape index (κ1) is 43.9. The second-order valence-corrected chi connectivity index (χ2v) is 18.0. The highest BCUT2D eigenvalue weighted by molar-refractivity contribution is 9.13. The summed E-state index contributed by atoms with van der Waals surface area (Å²) >= 11 is 19.9. The predicted molar refractivity (Wildman–Crippen MR) is 237 cm³/mol. The molecule has 0 radical (unpaired) electrons. The number of methoxy groups -OCH3 is 2. The molecular formula is C42H34Br2Cl2N6O11. The number of halogens is 4. The van der Waals surface area contributed by atoms with E-state index in [4.69, 9.17) is 32.7 Å². The molecule has 63 heavy (non-hydrogen) atoms. The molecular weight excluding hydrogens is 995 g/mol. The molecule has 6 atom stereocenters. The molecule has 1 saturated carbocycles. The number of carbonyl (C=O) groups is 4. The van der Waals surface area contributed by atoms with Gasteiger partial charge in [0.2, 0.25) is 11.8 Å². The number of nitrogens with zero attached hydrogens (tertiary/aromatic N) is 5. The first-order valence-electron chi connectivity index (χ1n) is 19.1. The maximum Gasteiger partial charge on any atom is 0.301 e. The van der Waals surface area contributed by atoms with Crippen molar-refractivity contribution in [3.8, 4) is 17.2 Å². The molecule has 2 saturated heterocycles. The minimum absolute atomic E-state index is 0.0141. The summed E-state index contributed by atoms with van der Waals surface area (Å²) in [6.45, 7) is 0. The maximum absolute atomic E-state index is 15.7. The third-order valence-corrected chi connectivity index (χ3v) is 15.1. The van der Waals surface area contributed by atoms with Crippen LogP contribution in [0.15, 0.2) is 81.3 Å². The minimum atomic E-state index is -1.79. The van der Waals surface area contributed by atoms with E-state index < -0.39 is 79.9 Å². The number of nitro benzene ring substituents is 2. The highest BCUT2D eigenvalue weighted by atomic mass is 79.9. The van der Waals surface area contributed by atoms with Crippen LogP contribution in [0.2, 0.25) is 10.0 Å². The quantitative estimate of drug-likeness (QED) is 0.0663. The number of nitro groups is 2. The van der Waals surface area contributed by atoms with E-state index in [1.165, 1.54) is 57.5 Å². The molecule has 0 bridgehead atoms. The van der Waals surface area contributed by atoms with Crippen LogP contribution in [0.3, 0.4) is 0 Å². The van der Waals surface area contributed by atoms with Crippen LogP contribution in [0.1, 0.15) is 29.9 Å². The average molecular weight is 1030 g/mol. The smallest absolute Gasteiger partial charge is 0.301 e. The van der Waals surface area contributed by atoms with Gasteiger partial charge in [-0.25, -0.2) is 4.90 Å². The Kier molecular flexibility index (Phi) is 11.2. The second-order valence-electron chi connectivity index (χ2n) is 15.6. The van der Waals surface area contributed by atoms with E-state index in [0.717, 1.165) is 22.0 Å². The zero-order chi connectivity index (χ0) is 45.6. The lowest BCUT2D eigenvalue weighted by Crippen LogP contribution is -2.53. The van der Waals surface area contributed by atoms with Crippen LogP contribution in [0.4, 0.5) is 28.4 Å². The van der Waals surface area contributed by atoms with Gasteiger partial charge in [0.1, 0.15) is 5.75 Å². The Morgan fingerprint density at radius 3 is 2.10 bits per heavy atom. The van der Waals surface area contributed by atoms with E-state index >= 15 is 9.59 Å². The molecule has 6 unspecified atom stereocenters. The van der Waals surface area contributed by atoms with Gasteiger partial charge in [-0.2, -0.15) is 5.01 Å². The Morgan fingerprint density at radius 1 is 0.873 bits per heavy atom. The number of benzene rings is 4. The molecule has 4 aliphatic rings. The molecule has 326 valence electrons. The van der Waals surface area contributed by atoms with Crippen molar-refractivity contribution >= 4 is 107 Å². The fourth-order valence-electron chi connectivity index (χ4n) is 9.88. The molecule has 17 nitrogen and oxygen atoms in total.